The van der Waals surface area contributed by atoms with Gasteiger partial charge in [-0.2, -0.15) is 0 Å². The summed E-state index contributed by atoms with van der Waals surface area (Å²) in [4.78, 5) is 25.3. The number of allylic oxidation sites excluding steroid dienone is 2. The van der Waals surface area contributed by atoms with E-state index in [1.807, 2.05) is 0 Å². The topological polar surface area (TPSA) is 331 Å². The molecule has 8 rings (SSSR count). The van der Waals surface area contributed by atoms with Crippen LogP contribution in [-0.4, -0.2) is 198 Å². The van der Waals surface area contributed by atoms with Crippen molar-refractivity contribution in [3.8, 4) is 0 Å². The Kier molecular flexibility index (Phi) is 15.0. The number of fused-ring (bicyclic) bond motifs is 4. The van der Waals surface area contributed by atoms with E-state index in [-0.39, 0.29) is 16.7 Å². The Morgan fingerprint density at radius 2 is 1.21 bits per heavy atom. The summed E-state index contributed by atoms with van der Waals surface area (Å²) < 4.78 is 48.2. The van der Waals surface area contributed by atoms with Crippen LogP contribution in [0.4, 0.5) is 0 Å². The molecule has 388 valence electrons. The lowest BCUT2D eigenvalue weighted by molar-refractivity contribution is -0.403. The molecule has 7 fully saturated rings. The lowest BCUT2D eigenvalue weighted by Gasteiger charge is -2.62. The van der Waals surface area contributed by atoms with Crippen molar-refractivity contribution in [2.75, 3.05) is 6.61 Å². The summed E-state index contributed by atoms with van der Waals surface area (Å²) in [6.07, 6.45) is -29.3. The summed E-state index contributed by atoms with van der Waals surface area (Å²) in [6, 6.07) is 0. The molecule has 11 N–H and O–H groups in total. The third kappa shape index (κ3) is 8.89. The van der Waals surface area contributed by atoms with Crippen LogP contribution < -0.4 is 0 Å². The molecule has 0 aromatic heterocycles. The highest BCUT2D eigenvalue weighted by Crippen LogP contribution is 2.68. The van der Waals surface area contributed by atoms with Gasteiger partial charge in [0, 0.05) is 0 Å². The Hall–Kier alpha value is -2.00. The third-order valence-corrected chi connectivity index (χ3v) is 17.7. The van der Waals surface area contributed by atoms with Gasteiger partial charge >= 0.3 is 11.9 Å². The van der Waals surface area contributed by atoms with Crippen molar-refractivity contribution in [1.82, 2.24) is 0 Å². The van der Waals surface area contributed by atoms with Gasteiger partial charge in [0.2, 0.25) is 0 Å². The van der Waals surface area contributed by atoms with Crippen LogP contribution in [-0.2, 0) is 47.5 Å². The Labute approximate surface area is 395 Å². The number of ether oxygens (including phenoxy) is 8. The van der Waals surface area contributed by atoms with Crippen molar-refractivity contribution in [1.29, 1.82) is 0 Å². The van der Waals surface area contributed by atoms with E-state index in [9.17, 15) is 65.8 Å². The lowest BCUT2D eigenvalue weighted by Crippen LogP contribution is -2.69. The summed E-state index contributed by atoms with van der Waals surface area (Å²) >= 11 is 0. The molecular weight excluding hydrogens is 900 g/mol. The number of aliphatic hydroxyl groups is 9. The molecule has 0 radical (unpaired) electrons. The average Bonchev–Trinajstić information content (AvgIpc) is 3.64. The van der Waals surface area contributed by atoms with Gasteiger partial charge in [-0.25, -0.2) is 9.59 Å². The summed E-state index contributed by atoms with van der Waals surface area (Å²) in [5, 5.41) is 118. The van der Waals surface area contributed by atoms with Crippen LogP contribution in [0.1, 0.15) is 99.8 Å². The van der Waals surface area contributed by atoms with Gasteiger partial charge in [0.05, 0.1) is 18.8 Å². The van der Waals surface area contributed by atoms with Crippen LogP contribution in [0.5, 0.6) is 0 Å². The first kappa shape index (κ1) is 52.3. The maximum atomic E-state index is 12.9. The third-order valence-electron chi connectivity index (χ3n) is 17.7. The number of rotatable bonds is 11. The maximum Gasteiger partial charge on any atom is 0.335 e. The molecule has 0 spiro atoms. The van der Waals surface area contributed by atoms with Gasteiger partial charge in [0.15, 0.2) is 37.4 Å². The van der Waals surface area contributed by atoms with Gasteiger partial charge in [0.1, 0.15) is 73.2 Å². The number of carboxylic acid groups (broad SMARTS) is 2. The standard InChI is InChI=1S/C47H74O21/c1-17(2)20-9-10-21-19-8-11-24-45(4,5)25(13-15-47(24,7)22(19)12-14-46(20,21)6)63-44-38(34(33(56)36(66-44)40(59)60)64-41-31(54)27(50)23(48)16-61-41)68-43-37(30(53)29(52)35(65-43)39(57)58)67-42-32(55)28(51)26(49)18(3)62-42/h17-18,20,22-38,41-44,48-56H,8-16H2,1-7H3,(H,57,58)(H,59,60). The number of hydrogen-bond donors (Lipinski definition) is 11. The van der Waals surface area contributed by atoms with Crippen molar-refractivity contribution in [3.05, 3.63) is 11.1 Å². The highest BCUT2D eigenvalue weighted by atomic mass is 16.8. The second-order valence-corrected chi connectivity index (χ2v) is 22.2. The first-order valence-corrected chi connectivity index (χ1v) is 24.3. The fourth-order valence-electron chi connectivity index (χ4n) is 14.1. The van der Waals surface area contributed by atoms with Gasteiger partial charge in [-0.3, -0.25) is 0 Å². The summed E-state index contributed by atoms with van der Waals surface area (Å²) in [6.45, 7) is 14.5. The van der Waals surface area contributed by atoms with E-state index in [1.165, 1.54) is 13.3 Å². The SMILES string of the molecule is CC(C)C1CCC2=C3CCC4C(C)(C)C(OC5OC(C(=O)O)C(O)C(OC6OCC(O)C(O)C6O)C5OC5OC(C(=O)O)C(O)C(O)C5OC5OC(C)C(O)C(O)C5O)CCC4(C)C3CCC21C. The number of carboxylic acids is 2. The van der Waals surface area contributed by atoms with Crippen LogP contribution in [0.3, 0.4) is 0 Å². The van der Waals surface area contributed by atoms with Crippen molar-refractivity contribution in [2.45, 2.75) is 223 Å². The Bertz CT molecular complexity index is 1860. The quantitative estimate of drug-likeness (QED) is 0.0919. The number of aliphatic hydroxyl groups excluding tert-OH is 9. The molecule has 25 atom stereocenters. The fourth-order valence-corrected chi connectivity index (χ4v) is 14.1. The normalized spacial score (nSPS) is 51.7. The molecule has 21 nitrogen and oxygen atoms in total. The molecule has 25 unspecified atom stereocenters. The van der Waals surface area contributed by atoms with Crippen LogP contribution in [0.15, 0.2) is 11.1 Å². The van der Waals surface area contributed by atoms with E-state index < -0.39 is 147 Å². The van der Waals surface area contributed by atoms with E-state index in [0.717, 1.165) is 38.5 Å². The first-order chi connectivity index (χ1) is 31.8. The Morgan fingerprint density at radius 3 is 1.85 bits per heavy atom. The molecule has 4 aliphatic carbocycles. The van der Waals surface area contributed by atoms with E-state index in [4.69, 9.17) is 37.9 Å². The van der Waals surface area contributed by atoms with Crippen molar-refractivity contribution in [2.24, 2.45) is 39.9 Å². The molecule has 4 saturated heterocycles. The van der Waals surface area contributed by atoms with Crippen molar-refractivity contribution >= 4 is 11.9 Å². The smallest absolute Gasteiger partial charge is 0.335 e. The molecule has 0 aromatic carbocycles. The van der Waals surface area contributed by atoms with Crippen molar-refractivity contribution < 1.29 is 104 Å². The second kappa shape index (κ2) is 19.4. The zero-order valence-electron chi connectivity index (χ0n) is 39.7. The molecule has 0 aromatic rings. The molecule has 21 heteroatoms. The number of aliphatic carboxylic acids is 2. The number of carbonyl (C=O) groups is 2. The molecular formula is C47H74O21. The Balaban J connectivity index is 1.14. The van der Waals surface area contributed by atoms with Crippen LogP contribution in [0.2, 0.25) is 0 Å². The van der Waals surface area contributed by atoms with Crippen LogP contribution in [0.25, 0.3) is 0 Å². The predicted octanol–water partition coefficient (Wildman–Crippen LogP) is -0.489. The summed E-state index contributed by atoms with van der Waals surface area (Å²) in [5.41, 5.74) is 2.69. The van der Waals surface area contributed by atoms with Crippen LogP contribution in [0, 0.1) is 39.9 Å². The minimum absolute atomic E-state index is 0.106. The molecule has 0 amide bonds. The average molecular weight is 975 g/mol. The van der Waals surface area contributed by atoms with E-state index in [2.05, 4.69) is 41.5 Å². The molecule has 4 aliphatic heterocycles. The highest BCUT2D eigenvalue weighted by molar-refractivity contribution is 5.74. The molecule has 8 aliphatic rings. The van der Waals surface area contributed by atoms with Gasteiger partial charge in [-0.05, 0) is 98.2 Å². The van der Waals surface area contributed by atoms with E-state index >= 15 is 0 Å². The predicted molar refractivity (Wildman–Crippen MR) is 229 cm³/mol. The lowest BCUT2D eigenvalue weighted by atomic mass is 9.44. The van der Waals surface area contributed by atoms with E-state index in [0.29, 0.717) is 24.2 Å². The minimum Gasteiger partial charge on any atom is -0.479 e. The molecule has 68 heavy (non-hydrogen) atoms. The second-order valence-electron chi connectivity index (χ2n) is 22.2. The molecule has 4 heterocycles. The van der Waals surface area contributed by atoms with Gasteiger partial charge in [-0.1, -0.05) is 52.7 Å². The summed E-state index contributed by atoms with van der Waals surface area (Å²) in [5.74, 6) is -1.72. The maximum absolute atomic E-state index is 12.9. The minimum atomic E-state index is -2.20. The van der Waals surface area contributed by atoms with E-state index in [1.54, 1.807) is 11.1 Å². The fraction of sp³-hybridized carbons (Fsp3) is 0.915. The zero-order valence-corrected chi connectivity index (χ0v) is 39.7. The first-order valence-electron chi connectivity index (χ1n) is 24.3. The monoisotopic (exact) mass is 974 g/mol. The summed E-state index contributed by atoms with van der Waals surface area (Å²) in [7, 11) is 0. The number of hydrogen-bond acceptors (Lipinski definition) is 19. The zero-order chi connectivity index (χ0) is 49.7. The largest absolute Gasteiger partial charge is 0.479 e. The van der Waals surface area contributed by atoms with Crippen LogP contribution >= 0.6 is 0 Å². The Morgan fingerprint density at radius 1 is 0.603 bits per heavy atom. The van der Waals surface area contributed by atoms with Gasteiger partial charge < -0.3 is 94.1 Å². The highest BCUT2D eigenvalue weighted by Gasteiger charge is 2.63. The van der Waals surface area contributed by atoms with Gasteiger partial charge in [-0.15, -0.1) is 0 Å². The van der Waals surface area contributed by atoms with Crippen molar-refractivity contribution in [3.63, 3.8) is 0 Å². The molecule has 0 bridgehead atoms. The molecule has 3 saturated carbocycles. The van der Waals surface area contributed by atoms with Gasteiger partial charge in [0.25, 0.3) is 0 Å².